The zero-order chi connectivity index (χ0) is 9.14. The van der Waals surface area contributed by atoms with Gasteiger partial charge in [-0.1, -0.05) is 0 Å². The van der Waals surface area contributed by atoms with E-state index in [1.165, 1.54) is 10.6 Å². The summed E-state index contributed by atoms with van der Waals surface area (Å²) in [6.07, 6.45) is 1.57. The van der Waals surface area contributed by atoms with Gasteiger partial charge in [-0.15, -0.1) is 12.4 Å². The van der Waals surface area contributed by atoms with Crippen LogP contribution in [0, 0.1) is 0 Å². The van der Waals surface area contributed by atoms with Crippen LogP contribution in [0.1, 0.15) is 10.4 Å². The maximum atomic E-state index is 11.2. The van der Waals surface area contributed by atoms with Crippen molar-refractivity contribution in [2.75, 3.05) is 0 Å². The van der Waals surface area contributed by atoms with Crippen LogP contribution in [0.5, 0.6) is 0 Å². The third-order valence-corrected chi connectivity index (χ3v) is 1.50. The molecule has 3 N–H and O–H groups in total. The van der Waals surface area contributed by atoms with Gasteiger partial charge in [0.05, 0.1) is 0 Å². The zero-order valence-corrected chi connectivity index (χ0v) is 7.80. The van der Waals surface area contributed by atoms with Gasteiger partial charge in [-0.3, -0.25) is 15.0 Å². The highest BCUT2D eigenvalue weighted by molar-refractivity contribution is 5.93. The van der Waals surface area contributed by atoms with Crippen LogP contribution >= 0.6 is 12.4 Å². The molecule has 0 aliphatic carbocycles. The number of hydrazine groups is 1. The Morgan fingerprint density at radius 2 is 2.23 bits per heavy atom. The van der Waals surface area contributed by atoms with E-state index in [1.54, 1.807) is 19.3 Å². The number of nitrogens with zero attached hydrogens (tertiary/aromatic N) is 1. The van der Waals surface area contributed by atoms with Gasteiger partial charge in [0.2, 0.25) is 0 Å². The number of nitrogen functional groups attached to an aromatic ring is 1. The molecule has 5 nitrogen and oxygen atoms in total. The summed E-state index contributed by atoms with van der Waals surface area (Å²) in [5.41, 5.74) is 1.58. The lowest BCUT2D eigenvalue weighted by molar-refractivity contribution is 0.0951. The lowest BCUT2D eigenvalue weighted by Gasteiger charge is -2.00. The van der Waals surface area contributed by atoms with Gasteiger partial charge in [0.15, 0.2) is 0 Å². The summed E-state index contributed by atoms with van der Waals surface area (Å²) in [5, 5.41) is 0. The van der Waals surface area contributed by atoms with E-state index < -0.39 is 5.91 Å². The number of hydrogen-bond acceptors (Lipinski definition) is 3. The van der Waals surface area contributed by atoms with Crippen LogP contribution in [-0.2, 0) is 7.05 Å². The Kier molecular flexibility index (Phi) is 4.16. The van der Waals surface area contributed by atoms with Crippen LogP contribution in [-0.4, -0.2) is 10.5 Å². The Hall–Kier alpha value is -1.33. The molecule has 1 rings (SSSR count). The average Bonchev–Trinajstić information content (AvgIpc) is 2.08. The predicted molar refractivity (Wildman–Crippen MR) is 50.6 cm³/mol. The smallest absolute Gasteiger partial charge is 0.270 e. The maximum absolute atomic E-state index is 11.2. The second kappa shape index (κ2) is 4.64. The lowest BCUT2D eigenvalue weighted by atomic mass is 10.2. The van der Waals surface area contributed by atoms with Crippen LogP contribution in [0.15, 0.2) is 23.1 Å². The van der Waals surface area contributed by atoms with Gasteiger partial charge < -0.3 is 4.57 Å². The molecule has 0 spiro atoms. The quantitative estimate of drug-likeness (QED) is 0.364. The highest BCUT2D eigenvalue weighted by Gasteiger charge is 2.07. The van der Waals surface area contributed by atoms with Gasteiger partial charge >= 0.3 is 0 Å². The third-order valence-electron chi connectivity index (χ3n) is 1.50. The summed E-state index contributed by atoms with van der Waals surface area (Å²) in [5.74, 6) is 4.30. The van der Waals surface area contributed by atoms with E-state index in [4.69, 9.17) is 5.84 Å². The topological polar surface area (TPSA) is 77.1 Å². The second-order valence-electron chi connectivity index (χ2n) is 2.31. The van der Waals surface area contributed by atoms with Crippen molar-refractivity contribution < 1.29 is 4.79 Å². The highest BCUT2D eigenvalue weighted by Crippen LogP contribution is 1.88. The number of halogens is 1. The molecule has 0 radical (unpaired) electrons. The Labute approximate surface area is 80.9 Å². The summed E-state index contributed by atoms with van der Waals surface area (Å²) in [4.78, 5) is 22.2. The SMILES string of the molecule is Cl.Cn1cccc(C(=O)NN)c1=O. The molecule has 0 aliphatic heterocycles. The molecule has 72 valence electrons. The Bertz CT molecular complexity index is 361. The fraction of sp³-hybridized carbons (Fsp3) is 0.143. The van der Waals surface area contributed by atoms with Gasteiger partial charge in [-0.05, 0) is 12.1 Å². The number of hydrogen-bond donors (Lipinski definition) is 2. The maximum Gasteiger partial charge on any atom is 0.270 e. The minimum Gasteiger partial charge on any atom is -0.318 e. The standard InChI is InChI=1S/C7H9N3O2.ClH/c1-10-4-2-3-5(7(10)12)6(11)9-8;/h2-4H,8H2,1H3,(H,9,11);1H. The van der Waals surface area contributed by atoms with Crippen molar-refractivity contribution in [1.29, 1.82) is 0 Å². The fourth-order valence-electron chi connectivity index (χ4n) is 0.848. The molecule has 1 heterocycles. The molecule has 0 saturated heterocycles. The molecule has 1 aromatic rings. The summed E-state index contributed by atoms with van der Waals surface area (Å²) in [7, 11) is 1.57. The Morgan fingerprint density at radius 3 is 2.77 bits per heavy atom. The van der Waals surface area contributed by atoms with Crippen LogP contribution in [0.2, 0.25) is 0 Å². The molecule has 0 bridgehead atoms. The number of carbonyl (C=O) groups is 1. The van der Waals surface area contributed by atoms with Crippen molar-refractivity contribution in [3.8, 4) is 0 Å². The molecule has 0 aliphatic rings. The number of pyridine rings is 1. The predicted octanol–water partition coefficient (Wildman–Crippen LogP) is -0.589. The van der Waals surface area contributed by atoms with Crippen molar-refractivity contribution in [3.63, 3.8) is 0 Å². The molecule has 6 heteroatoms. The number of nitrogens with one attached hydrogen (secondary N) is 1. The van der Waals surface area contributed by atoms with Gasteiger partial charge in [0, 0.05) is 13.2 Å². The average molecular weight is 204 g/mol. The molecule has 1 amide bonds. The van der Waals surface area contributed by atoms with E-state index >= 15 is 0 Å². The number of amides is 1. The minimum absolute atomic E-state index is 0. The van der Waals surface area contributed by atoms with Crippen LogP contribution in [0.4, 0.5) is 0 Å². The van der Waals surface area contributed by atoms with Gasteiger partial charge in [-0.25, -0.2) is 5.84 Å². The number of aromatic nitrogens is 1. The first kappa shape index (κ1) is 11.7. The molecule has 0 aromatic carbocycles. The number of aryl methyl sites for hydroxylation is 1. The first-order valence-electron chi connectivity index (χ1n) is 3.33. The van der Waals surface area contributed by atoms with Gasteiger partial charge in [-0.2, -0.15) is 0 Å². The minimum atomic E-state index is -0.573. The van der Waals surface area contributed by atoms with E-state index in [0.717, 1.165) is 0 Å². The normalized spacial score (nSPS) is 8.77. The fourth-order valence-corrected chi connectivity index (χ4v) is 0.848. The van der Waals surface area contributed by atoms with Crippen LogP contribution < -0.4 is 16.8 Å². The van der Waals surface area contributed by atoms with E-state index in [-0.39, 0.29) is 23.5 Å². The lowest BCUT2D eigenvalue weighted by Crippen LogP contribution is -2.35. The van der Waals surface area contributed by atoms with E-state index in [0.29, 0.717) is 0 Å². The molecule has 0 unspecified atom stereocenters. The molecule has 0 fully saturated rings. The molecule has 1 aromatic heterocycles. The number of carbonyl (C=O) groups excluding carboxylic acids is 1. The zero-order valence-electron chi connectivity index (χ0n) is 6.98. The van der Waals surface area contributed by atoms with Crippen molar-refractivity contribution in [2.24, 2.45) is 12.9 Å². The summed E-state index contributed by atoms with van der Waals surface area (Å²) in [6, 6.07) is 3.02. The van der Waals surface area contributed by atoms with Crippen molar-refractivity contribution in [3.05, 3.63) is 34.2 Å². The van der Waals surface area contributed by atoms with Gasteiger partial charge in [0.1, 0.15) is 5.56 Å². The number of rotatable bonds is 1. The second-order valence-corrected chi connectivity index (χ2v) is 2.31. The molecule has 0 atom stereocenters. The van der Waals surface area contributed by atoms with Crippen molar-refractivity contribution in [2.45, 2.75) is 0 Å². The van der Waals surface area contributed by atoms with Crippen molar-refractivity contribution >= 4 is 18.3 Å². The Balaban J connectivity index is 0.00000144. The van der Waals surface area contributed by atoms with Crippen molar-refractivity contribution in [1.82, 2.24) is 9.99 Å². The molecular weight excluding hydrogens is 194 g/mol. The molecular formula is C7H10ClN3O2. The number of nitrogens with two attached hydrogens (primary N) is 1. The summed E-state index contributed by atoms with van der Waals surface area (Å²) < 4.78 is 1.31. The van der Waals surface area contributed by atoms with Gasteiger partial charge in [0.25, 0.3) is 11.5 Å². The third kappa shape index (κ3) is 2.30. The summed E-state index contributed by atoms with van der Waals surface area (Å²) in [6.45, 7) is 0. The monoisotopic (exact) mass is 203 g/mol. The largest absolute Gasteiger partial charge is 0.318 e. The van der Waals surface area contributed by atoms with Crippen LogP contribution in [0.25, 0.3) is 0 Å². The van der Waals surface area contributed by atoms with E-state index in [1.807, 2.05) is 5.43 Å². The Morgan fingerprint density at radius 1 is 1.62 bits per heavy atom. The molecule has 13 heavy (non-hydrogen) atoms. The van der Waals surface area contributed by atoms with Crippen LogP contribution in [0.3, 0.4) is 0 Å². The van der Waals surface area contributed by atoms with E-state index in [9.17, 15) is 9.59 Å². The first-order chi connectivity index (χ1) is 5.66. The first-order valence-corrected chi connectivity index (χ1v) is 3.33. The highest BCUT2D eigenvalue weighted by atomic mass is 35.5. The summed E-state index contributed by atoms with van der Waals surface area (Å²) >= 11 is 0. The molecule has 0 saturated carbocycles. The van der Waals surface area contributed by atoms with E-state index in [2.05, 4.69) is 0 Å².